The summed E-state index contributed by atoms with van der Waals surface area (Å²) in [6.45, 7) is 1.45. The normalized spacial score (nSPS) is 9.50. The summed E-state index contributed by atoms with van der Waals surface area (Å²) in [6.07, 6.45) is -0.702. The van der Waals surface area contributed by atoms with Gasteiger partial charge in [0.1, 0.15) is 0 Å². The van der Waals surface area contributed by atoms with E-state index < -0.39 is 6.09 Å². The predicted molar refractivity (Wildman–Crippen MR) is 36.2 cm³/mol. The van der Waals surface area contributed by atoms with E-state index in [1.165, 1.54) is 14.0 Å². The van der Waals surface area contributed by atoms with Gasteiger partial charge in [-0.15, -0.1) is 0 Å². The molecule has 66 valence electrons. The van der Waals surface area contributed by atoms with Crippen molar-refractivity contribution in [2.24, 2.45) is 0 Å². The molecule has 7 heteroatoms. The van der Waals surface area contributed by atoms with Crippen LogP contribution in [0.25, 0.3) is 0 Å². The lowest BCUT2D eigenvalue weighted by Gasteiger charge is -1.94. The number of carbonyl (C=O) groups is 1. The van der Waals surface area contributed by atoms with Crippen molar-refractivity contribution < 1.29 is 19.1 Å². The van der Waals surface area contributed by atoms with Crippen molar-refractivity contribution in [1.82, 2.24) is 5.16 Å². The van der Waals surface area contributed by atoms with Gasteiger partial charge in [0.2, 0.25) is 5.69 Å². The van der Waals surface area contributed by atoms with Gasteiger partial charge < -0.3 is 9.94 Å². The van der Waals surface area contributed by atoms with Crippen LogP contribution in [0, 0.1) is 12.1 Å². The number of ether oxygens (including phenoxy) is 1. The fourth-order valence-electron chi connectivity index (χ4n) is 0.553. The van der Waals surface area contributed by atoms with Gasteiger partial charge in [-0.1, -0.05) is 0 Å². The average Bonchev–Trinajstić information content (AvgIpc) is 2.36. The summed E-state index contributed by atoms with van der Waals surface area (Å²) in [5.41, 5.74) is 0.167. The number of anilines is 1. The van der Waals surface area contributed by atoms with Gasteiger partial charge in [0.15, 0.2) is 0 Å². The van der Waals surface area contributed by atoms with E-state index in [1.807, 2.05) is 0 Å². The molecule has 7 nitrogen and oxygen atoms in total. The Bertz CT molecular complexity index is 295. The third-order valence-corrected chi connectivity index (χ3v) is 1.23. The summed E-state index contributed by atoms with van der Waals surface area (Å²) in [4.78, 5) is 10.8. The molecule has 0 fully saturated rings. The van der Waals surface area contributed by atoms with Gasteiger partial charge in [-0.05, 0) is 4.90 Å². The number of nitrogens with one attached hydrogen (secondary N) is 1. The van der Waals surface area contributed by atoms with Gasteiger partial charge >= 0.3 is 11.9 Å². The second-order valence-corrected chi connectivity index (χ2v) is 1.98. The molecule has 0 aliphatic carbocycles. The van der Waals surface area contributed by atoms with Gasteiger partial charge in [0, 0.05) is 6.92 Å². The van der Waals surface area contributed by atoms with E-state index in [0.717, 1.165) is 0 Å². The Kier molecular flexibility index (Phi) is 2.13. The highest BCUT2D eigenvalue weighted by molar-refractivity contribution is 5.83. The first-order chi connectivity index (χ1) is 5.65. The zero-order valence-electron chi connectivity index (χ0n) is 6.53. The lowest BCUT2D eigenvalue weighted by molar-refractivity contribution is -0.806. The maximum absolute atomic E-state index is 10.6. The molecule has 0 aliphatic heterocycles. The lowest BCUT2D eigenvalue weighted by Crippen LogP contribution is -2.26. The molecule has 1 amide bonds. The summed E-state index contributed by atoms with van der Waals surface area (Å²) < 4.78 is 8.46. The van der Waals surface area contributed by atoms with Gasteiger partial charge in [-0.2, -0.15) is 0 Å². The minimum atomic E-state index is -0.702. The van der Waals surface area contributed by atoms with Crippen LogP contribution in [0.5, 0.6) is 0 Å². The third kappa shape index (κ3) is 1.44. The Morgan fingerprint density at radius 2 is 2.50 bits per heavy atom. The quantitative estimate of drug-likeness (QED) is 0.593. The van der Waals surface area contributed by atoms with Crippen LogP contribution >= 0.6 is 0 Å². The fourth-order valence-corrected chi connectivity index (χ4v) is 0.553. The van der Waals surface area contributed by atoms with Crippen LogP contribution in [0.2, 0.25) is 0 Å². The number of amides is 1. The molecule has 12 heavy (non-hydrogen) atoms. The monoisotopic (exact) mass is 173 g/mol. The van der Waals surface area contributed by atoms with E-state index in [1.54, 1.807) is 0 Å². The summed E-state index contributed by atoms with van der Waals surface area (Å²) in [5, 5.41) is 16.1. The summed E-state index contributed by atoms with van der Waals surface area (Å²) in [5.74, 6) is 0.0526. The molecule has 0 unspecified atom stereocenters. The number of aromatic nitrogens is 2. The number of methoxy groups -OCH3 is 1. The zero-order chi connectivity index (χ0) is 9.14. The van der Waals surface area contributed by atoms with E-state index in [0.29, 0.717) is 0 Å². The average molecular weight is 173 g/mol. The molecule has 0 saturated carbocycles. The summed E-state index contributed by atoms with van der Waals surface area (Å²) in [7, 11) is 1.20. The Hall–Kier alpha value is -1.79. The van der Waals surface area contributed by atoms with E-state index >= 15 is 0 Å². The van der Waals surface area contributed by atoms with Crippen LogP contribution < -0.4 is 10.2 Å². The molecule has 0 aromatic carbocycles. The van der Waals surface area contributed by atoms with Crippen molar-refractivity contribution in [3.63, 3.8) is 0 Å². The zero-order valence-corrected chi connectivity index (χ0v) is 6.53. The first-order valence-electron chi connectivity index (χ1n) is 3.06. The van der Waals surface area contributed by atoms with Crippen molar-refractivity contribution in [2.45, 2.75) is 6.92 Å². The standard InChI is InChI=1S/C5H7N3O4/c1-3-4(6-5(9)11-2)7-12-8(3)10/h1-2H3,(H,6,7,9). The highest BCUT2D eigenvalue weighted by Crippen LogP contribution is 2.04. The molecule has 0 atom stereocenters. The molecule has 1 heterocycles. The number of hydrogen-bond acceptors (Lipinski definition) is 5. The second kappa shape index (κ2) is 3.07. The molecule has 1 N–H and O–H groups in total. The predicted octanol–water partition coefficient (Wildman–Crippen LogP) is -0.205. The Balaban J connectivity index is 2.76. The molecule has 1 aromatic heterocycles. The van der Waals surface area contributed by atoms with E-state index in [-0.39, 0.29) is 16.4 Å². The van der Waals surface area contributed by atoms with E-state index in [4.69, 9.17) is 0 Å². The van der Waals surface area contributed by atoms with E-state index in [2.05, 4.69) is 19.8 Å². The largest absolute Gasteiger partial charge is 0.453 e. The molecule has 0 saturated heterocycles. The van der Waals surface area contributed by atoms with Crippen molar-refractivity contribution in [3.05, 3.63) is 10.9 Å². The first-order valence-corrected chi connectivity index (χ1v) is 3.06. The molecule has 0 radical (unpaired) electrons. The molecule has 1 rings (SSSR count). The van der Waals surface area contributed by atoms with Crippen LogP contribution in [0.3, 0.4) is 0 Å². The minimum absolute atomic E-state index is 0.0526. The fraction of sp³-hybridized carbons (Fsp3) is 0.400. The molecular formula is C5H7N3O4. The molecule has 0 bridgehead atoms. The van der Waals surface area contributed by atoms with Crippen molar-refractivity contribution >= 4 is 11.9 Å². The SMILES string of the molecule is COC(=O)Nc1no[n+]([O-])c1C. The van der Waals surface area contributed by atoms with Crippen LogP contribution in [0.15, 0.2) is 4.63 Å². The number of carbonyl (C=O) groups excluding carboxylic acids is 1. The van der Waals surface area contributed by atoms with E-state index in [9.17, 15) is 10.0 Å². The molecule has 0 spiro atoms. The highest BCUT2D eigenvalue weighted by Gasteiger charge is 2.16. The first kappa shape index (κ1) is 8.31. The maximum atomic E-state index is 10.6. The maximum Gasteiger partial charge on any atom is 0.414 e. The Labute approximate surface area is 67.4 Å². The van der Waals surface area contributed by atoms with Gasteiger partial charge in [0.05, 0.1) is 12.3 Å². The molecule has 1 aromatic rings. The van der Waals surface area contributed by atoms with Crippen LogP contribution in [0.4, 0.5) is 10.6 Å². The Morgan fingerprint density at radius 1 is 1.83 bits per heavy atom. The second-order valence-electron chi connectivity index (χ2n) is 1.98. The van der Waals surface area contributed by atoms with Crippen molar-refractivity contribution in [1.29, 1.82) is 0 Å². The number of hydrogen-bond donors (Lipinski definition) is 1. The lowest BCUT2D eigenvalue weighted by atomic mass is 10.5. The smallest absolute Gasteiger partial charge is 0.414 e. The molecule has 0 aliphatic rings. The summed E-state index contributed by atoms with van der Waals surface area (Å²) >= 11 is 0. The van der Waals surface area contributed by atoms with Crippen molar-refractivity contribution in [2.75, 3.05) is 12.4 Å². The highest BCUT2D eigenvalue weighted by atomic mass is 16.8. The summed E-state index contributed by atoms with van der Waals surface area (Å²) in [6, 6.07) is 0. The minimum Gasteiger partial charge on any atom is -0.453 e. The third-order valence-electron chi connectivity index (χ3n) is 1.23. The van der Waals surface area contributed by atoms with Gasteiger partial charge in [0.25, 0.3) is 0 Å². The number of rotatable bonds is 1. The molecular weight excluding hydrogens is 166 g/mol. The van der Waals surface area contributed by atoms with Crippen LogP contribution in [0.1, 0.15) is 5.69 Å². The number of nitrogens with zero attached hydrogens (tertiary/aromatic N) is 2. The van der Waals surface area contributed by atoms with Crippen LogP contribution in [-0.4, -0.2) is 18.4 Å². The van der Waals surface area contributed by atoms with Gasteiger partial charge in [-0.3, -0.25) is 4.63 Å². The van der Waals surface area contributed by atoms with Crippen molar-refractivity contribution in [3.8, 4) is 0 Å². The van der Waals surface area contributed by atoms with Crippen LogP contribution in [-0.2, 0) is 4.74 Å². The topological polar surface area (TPSA) is 91.3 Å². The Morgan fingerprint density at radius 3 is 2.92 bits per heavy atom. The van der Waals surface area contributed by atoms with Gasteiger partial charge in [-0.25, -0.2) is 10.1 Å².